The van der Waals surface area contributed by atoms with Crippen molar-refractivity contribution < 1.29 is 0 Å². The smallest absolute Gasteiger partial charge is 0.0991 e. The highest BCUT2D eigenvalue weighted by Crippen LogP contribution is 2.27. The first kappa shape index (κ1) is 11.0. The van der Waals surface area contributed by atoms with Crippen LogP contribution in [-0.2, 0) is 12.8 Å². The van der Waals surface area contributed by atoms with Crippen molar-refractivity contribution in [2.24, 2.45) is 0 Å². The maximum Gasteiger partial charge on any atom is 0.0991 e. The lowest BCUT2D eigenvalue weighted by molar-refractivity contribution is 0.686. The Bertz CT molecular complexity index is 620. The molecule has 0 spiro atoms. The van der Waals surface area contributed by atoms with E-state index in [0.717, 1.165) is 5.56 Å². The highest BCUT2D eigenvalue weighted by molar-refractivity contribution is 5.66. The first-order valence-electron chi connectivity index (χ1n) is 6.41. The van der Waals surface area contributed by atoms with Crippen LogP contribution in [0.4, 0.5) is 0 Å². The van der Waals surface area contributed by atoms with E-state index in [4.69, 9.17) is 5.26 Å². The zero-order chi connectivity index (χ0) is 12.4. The van der Waals surface area contributed by atoms with E-state index in [-0.39, 0.29) is 0 Å². The molecule has 0 aliphatic heterocycles. The zero-order valence-corrected chi connectivity index (χ0v) is 10.2. The van der Waals surface area contributed by atoms with Crippen LogP contribution >= 0.6 is 0 Å². The quantitative estimate of drug-likeness (QED) is 0.731. The number of hydrogen-bond acceptors (Lipinski definition) is 1. The number of aryl methyl sites for hydroxylation is 2. The molecule has 0 atom stereocenters. The van der Waals surface area contributed by atoms with Crippen molar-refractivity contribution in [1.82, 2.24) is 0 Å². The molecule has 0 aromatic heterocycles. The van der Waals surface area contributed by atoms with Crippen molar-refractivity contribution >= 4 is 0 Å². The zero-order valence-electron chi connectivity index (χ0n) is 10.2. The molecule has 2 aromatic carbocycles. The Kier molecular flexibility index (Phi) is 2.86. The van der Waals surface area contributed by atoms with E-state index < -0.39 is 0 Å². The van der Waals surface area contributed by atoms with Crippen LogP contribution in [0.2, 0.25) is 0 Å². The molecule has 1 radical (unpaired) electrons. The Hall–Kier alpha value is -2.07. The van der Waals surface area contributed by atoms with E-state index in [2.05, 4.69) is 30.3 Å². The number of hydrogen-bond donors (Lipinski definition) is 0. The molecular formula is C17H14N. The molecule has 0 amide bonds. The van der Waals surface area contributed by atoms with Gasteiger partial charge >= 0.3 is 0 Å². The van der Waals surface area contributed by atoms with Gasteiger partial charge in [-0.05, 0) is 66.1 Å². The van der Waals surface area contributed by atoms with Crippen LogP contribution in [-0.4, -0.2) is 0 Å². The van der Waals surface area contributed by atoms with E-state index in [1.807, 2.05) is 12.1 Å². The lowest BCUT2D eigenvalue weighted by Gasteiger charge is -2.16. The van der Waals surface area contributed by atoms with Crippen LogP contribution in [0.3, 0.4) is 0 Å². The Balaban J connectivity index is 2.04. The normalized spacial score (nSPS) is 13.7. The van der Waals surface area contributed by atoms with Crippen LogP contribution in [0, 0.1) is 17.4 Å². The van der Waals surface area contributed by atoms with Gasteiger partial charge in [-0.25, -0.2) is 0 Å². The van der Waals surface area contributed by atoms with E-state index in [1.165, 1.54) is 42.4 Å². The molecule has 0 unspecified atom stereocenters. The second-order valence-corrected chi connectivity index (χ2v) is 4.79. The highest BCUT2D eigenvalue weighted by atomic mass is 14.2. The summed E-state index contributed by atoms with van der Waals surface area (Å²) < 4.78 is 0. The third-order valence-corrected chi connectivity index (χ3v) is 3.59. The van der Waals surface area contributed by atoms with Gasteiger partial charge in [0.25, 0.3) is 0 Å². The monoisotopic (exact) mass is 232 g/mol. The summed E-state index contributed by atoms with van der Waals surface area (Å²) in [5.41, 5.74) is 5.84. The average Bonchev–Trinajstić information content (AvgIpc) is 2.47. The molecule has 2 aromatic rings. The number of nitriles is 1. The van der Waals surface area contributed by atoms with Gasteiger partial charge in [0, 0.05) is 0 Å². The maximum absolute atomic E-state index is 8.94. The van der Waals surface area contributed by atoms with Gasteiger partial charge in [-0.1, -0.05) is 24.3 Å². The number of benzene rings is 2. The molecule has 0 fully saturated rings. The molecule has 0 saturated heterocycles. The van der Waals surface area contributed by atoms with Gasteiger partial charge in [-0.15, -0.1) is 0 Å². The average molecular weight is 232 g/mol. The van der Waals surface area contributed by atoms with Crippen molar-refractivity contribution in [3.8, 4) is 17.2 Å². The lowest BCUT2D eigenvalue weighted by Crippen LogP contribution is -2.02. The molecule has 1 nitrogen and oxygen atoms in total. The predicted octanol–water partition coefficient (Wildman–Crippen LogP) is 3.90. The minimum absolute atomic E-state index is 0.696. The molecule has 0 heterocycles. The van der Waals surface area contributed by atoms with Crippen molar-refractivity contribution in [2.45, 2.75) is 25.7 Å². The molecule has 0 N–H and O–H groups in total. The third kappa shape index (κ3) is 2.02. The summed E-state index contributed by atoms with van der Waals surface area (Å²) in [5.74, 6) is 0. The summed E-state index contributed by atoms with van der Waals surface area (Å²) in [6.07, 6.45) is 4.99. The van der Waals surface area contributed by atoms with Crippen molar-refractivity contribution in [3.63, 3.8) is 0 Å². The topological polar surface area (TPSA) is 23.8 Å². The first-order valence-corrected chi connectivity index (χ1v) is 6.41. The number of nitrogens with zero attached hydrogens (tertiary/aromatic N) is 1. The van der Waals surface area contributed by atoms with E-state index >= 15 is 0 Å². The van der Waals surface area contributed by atoms with Crippen LogP contribution in [0.25, 0.3) is 11.1 Å². The molecule has 1 heteroatoms. The molecule has 1 aliphatic carbocycles. The van der Waals surface area contributed by atoms with Crippen LogP contribution in [0.1, 0.15) is 29.5 Å². The Labute approximate surface area is 108 Å². The minimum atomic E-state index is 0.696. The van der Waals surface area contributed by atoms with E-state index in [1.54, 1.807) is 6.07 Å². The Morgan fingerprint density at radius 1 is 1.00 bits per heavy atom. The van der Waals surface area contributed by atoms with Crippen LogP contribution in [0.15, 0.2) is 36.4 Å². The highest BCUT2D eigenvalue weighted by Gasteiger charge is 2.10. The fourth-order valence-corrected chi connectivity index (χ4v) is 2.60. The molecule has 3 rings (SSSR count). The molecule has 0 bridgehead atoms. The van der Waals surface area contributed by atoms with Gasteiger partial charge in [-0.3, -0.25) is 0 Å². The second-order valence-electron chi connectivity index (χ2n) is 4.79. The Morgan fingerprint density at radius 2 is 1.83 bits per heavy atom. The maximum atomic E-state index is 8.94. The van der Waals surface area contributed by atoms with Crippen LogP contribution in [0.5, 0.6) is 0 Å². The Morgan fingerprint density at radius 3 is 2.67 bits per heavy atom. The van der Waals surface area contributed by atoms with Gasteiger partial charge in [-0.2, -0.15) is 5.26 Å². The summed E-state index contributed by atoms with van der Waals surface area (Å²) >= 11 is 0. The van der Waals surface area contributed by atoms with Gasteiger partial charge < -0.3 is 0 Å². The molecular weight excluding hydrogens is 218 g/mol. The summed E-state index contributed by atoms with van der Waals surface area (Å²) in [6, 6.07) is 17.6. The predicted molar refractivity (Wildman–Crippen MR) is 72.1 cm³/mol. The molecule has 87 valence electrons. The van der Waals surface area contributed by atoms with Gasteiger partial charge in [0.1, 0.15) is 0 Å². The van der Waals surface area contributed by atoms with Gasteiger partial charge in [0.2, 0.25) is 0 Å². The minimum Gasteiger partial charge on any atom is -0.192 e. The second kappa shape index (κ2) is 4.66. The summed E-state index contributed by atoms with van der Waals surface area (Å²) in [5, 5.41) is 8.94. The van der Waals surface area contributed by atoms with E-state index in [0.29, 0.717) is 5.56 Å². The molecule has 18 heavy (non-hydrogen) atoms. The number of fused-ring (bicyclic) bond motifs is 1. The fourth-order valence-electron chi connectivity index (χ4n) is 2.60. The SMILES string of the molecule is N#Cc1cc[c]c(-c2ccc3c(c2)CCCC3)c1. The van der Waals surface area contributed by atoms with Gasteiger partial charge in [0.05, 0.1) is 11.6 Å². The first-order chi connectivity index (χ1) is 8.86. The lowest BCUT2D eigenvalue weighted by atomic mass is 9.89. The summed E-state index contributed by atoms with van der Waals surface area (Å²) in [6.45, 7) is 0. The summed E-state index contributed by atoms with van der Waals surface area (Å²) in [7, 11) is 0. The standard InChI is InChI=1S/C17H14N/c18-12-13-4-3-7-15(10-13)17-9-8-14-5-1-2-6-16(14)11-17/h3-4,8-11H,1-2,5-6H2. The van der Waals surface area contributed by atoms with Crippen LogP contribution < -0.4 is 0 Å². The number of rotatable bonds is 1. The fraction of sp³-hybridized carbons (Fsp3) is 0.235. The third-order valence-electron chi connectivity index (χ3n) is 3.59. The summed E-state index contributed by atoms with van der Waals surface area (Å²) in [4.78, 5) is 0. The molecule has 1 aliphatic rings. The largest absolute Gasteiger partial charge is 0.192 e. The van der Waals surface area contributed by atoms with E-state index in [9.17, 15) is 0 Å². The van der Waals surface area contributed by atoms with Crippen molar-refractivity contribution in [1.29, 1.82) is 5.26 Å². The van der Waals surface area contributed by atoms with Crippen molar-refractivity contribution in [2.75, 3.05) is 0 Å². The molecule has 0 saturated carbocycles. The van der Waals surface area contributed by atoms with Crippen molar-refractivity contribution in [3.05, 3.63) is 59.2 Å². The van der Waals surface area contributed by atoms with Gasteiger partial charge in [0.15, 0.2) is 0 Å².